The Hall–Kier alpha value is -5.48. The summed E-state index contributed by atoms with van der Waals surface area (Å²) in [6.07, 6.45) is 0.567. The molecule has 6 rings (SSSR count). The Morgan fingerprint density at radius 3 is 2.36 bits per heavy atom. The van der Waals surface area contributed by atoms with Gasteiger partial charge in [-0.15, -0.1) is 0 Å². The molecule has 2 heterocycles. The summed E-state index contributed by atoms with van der Waals surface area (Å²) in [4.78, 5) is 51.3. The molecule has 1 fully saturated rings. The summed E-state index contributed by atoms with van der Waals surface area (Å²) >= 11 is 0. The smallest absolute Gasteiger partial charge is 0.255 e. The van der Waals surface area contributed by atoms with Gasteiger partial charge in [-0.1, -0.05) is 36.4 Å². The van der Waals surface area contributed by atoms with Crippen LogP contribution in [0.25, 0.3) is 0 Å². The second-order valence-corrected chi connectivity index (χ2v) is 10.9. The number of para-hydroxylation sites is 2. The number of fused-ring (bicyclic) bond motifs is 1. The van der Waals surface area contributed by atoms with Crippen molar-refractivity contribution in [3.8, 4) is 17.2 Å². The molecule has 45 heavy (non-hydrogen) atoms. The minimum atomic E-state index is -0.628. The molecule has 10 nitrogen and oxygen atoms in total. The predicted molar refractivity (Wildman–Crippen MR) is 167 cm³/mol. The van der Waals surface area contributed by atoms with Crippen molar-refractivity contribution >= 4 is 29.3 Å². The van der Waals surface area contributed by atoms with E-state index in [1.807, 2.05) is 36.4 Å². The maximum atomic E-state index is 13.0. The number of rotatable bonds is 10. The molecule has 0 aliphatic carbocycles. The van der Waals surface area contributed by atoms with Crippen molar-refractivity contribution in [1.82, 2.24) is 15.5 Å². The zero-order chi connectivity index (χ0) is 31.3. The van der Waals surface area contributed by atoms with Crippen molar-refractivity contribution in [3.63, 3.8) is 0 Å². The van der Waals surface area contributed by atoms with Crippen LogP contribution in [-0.2, 0) is 29.2 Å². The van der Waals surface area contributed by atoms with E-state index >= 15 is 0 Å². The lowest BCUT2D eigenvalue weighted by atomic mass is 10.0. The lowest BCUT2D eigenvalue weighted by Gasteiger charge is -2.29. The first kappa shape index (κ1) is 29.6. The van der Waals surface area contributed by atoms with Crippen LogP contribution in [-0.4, -0.2) is 41.7 Å². The van der Waals surface area contributed by atoms with Crippen molar-refractivity contribution in [3.05, 3.63) is 119 Å². The average molecular weight is 605 g/mol. The van der Waals surface area contributed by atoms with Gasteiger partial charge in [0, 0.05) is 37.2 Å². The van der Waals surface area contributed by atoms with Gasteiger partial charge in [0.1, 0.15) is 17.5 Å². The number of anilines is 1. The zero-order valence-electron chi connectivity index (χ0n) is 24.7. The van der Waals surface area contributed by atoms with Crippen LogP contribution in [0.3, 0.4) is 0 Å². The molecule has 2 aliphatic heterocycles. The van der Waals surface area contributed by atoms with E-state index in [1.54, 1.807) is 66.6 Å². The Morgan fingerprint density at radius 1 is 0.889 bits per heavy atom. The van der Waals surface area contributed by atoms with Crippen molar-refractivity contribution in [2.24, 2.45) is 0 Å². The second-order valence-electron chi connectivity index (χ2n) is 10.9. The number of carbonyl (C=O) groups excluding carboxylic acids is 4. The van der Waals surface area contributed by atoms with Crippen LogP contribution in [0.5, 0.6) is 17.2 Å². The highest BCUT2D eigenvalue weighted by atomic mass is 16.5. The van der Waals surface area contributed by atoms with Gasteiger partial charge in [-0.25, -0.2) is 0 Å². The minimum Gasteiger partial charge on any atom is -0.497 e. The highest BCUT2D eigenvalue weighted by molar-refractivity contribution is 6.06. The second kappa shape index (κ2) is 13.0. The molecule has 1 atom stereocenters. The van der Waals surface area contributed by atoms with Crippen molar-refractivity contribution < 1.29 is 28.7 Å². The fraction of sp³-hybridized carbons (Fsp3) is 0.200. The first-order valence-corrected chi connectivity index (χ1v) is 14.7. The summed E-state index contributed by atoms with van der Waals surface area (Å²) in [5.74, 6) is 0.721. The van der Waals surface area contributed by atoms with Gasteiger partial charge in [-0.2, -0.15) is 0 Å². The van der Waals surface area contributed by atoms with Crippen molar-refractivity contribution in [2.75, 3.05) is 12.4 Å². The van der Waals surface area contributed by atoms with Gasteiger partial charge in [0.15, 0.2) is 5.75 Å². The maximum Gasteiger partial charge on any atom is 0.255 e. The van der Waals surface area contributed by atoms with Crippen LogP contribution < -0.4 is 25.4 Å². The van der Waals surface area contributed by atoms with Crippen molar-refractivity contribution in [1.29, 1.82) is 0 Å². The number of piperidine rings is 1. The molecule has 4 aromatic carbocycles. The zero-order valence-corrected chi connectivity index (χ0v) is 24.7. The van der Waals surface area contributed by atoms with Gasteiger partial charge < -0.3 is 25.0 Å². The number of nitrogens with zero attached hydrogens (tertiary/aromatic N) is 1. The fourth-order valence-electron chi connectivity index (χ4n) is 5.49. The summed E-state index contributed by atoms with van der Waals surface area (Å²) in [7, 11) is 1.60. The third kappa shape index (κ3) is 6.71. The van der Waals surface area contributed by atoms with E-state index in [4.69, 9.17) is 9.47 Å². The Morgan fingerprint density at radius 2 is 1.60 bits per heavy atom. The van der Waals surface area contributed by atoms with Crippen LogP contribution >= 0.6 is 0 Å². The SMILES string of the molecule is COc1ccc(Oc2ccccc2NC(=O)c2ccc(CNCc3ccc4c(c3)CN(C3CCC(=O)NC3=O)C4=O)cc2)cc1. The van der Waals surface area contributed by atoms with E-state index in [-0.39, 0.29) is 24.1 Å². The first-order valence-electron chi connectivity index (χ1n) is 14.7. The molecule has 228 valence electrons. The molecule has 3 N–H and O–H groups in total. The molecule has 1 unspecified atom stereocenters. The number of carbonyl (C=O) groups is 4. The van der Waals surface area contributed by atoms with E-state index in [0.717, 1.165) is 22.4 Å². The van der Waals surface area contributed by atoms with Gasteiger partial charge in [0.05, 0.1) is 12.8 Å². The van der Waals surface area contributed by atoms with Crippen LogP contribution in [0.4, 0.5) is 5.69 Å². The van der Waals surface area contributed by atoms with Gasteiger partial charge in [-0.3, -0.25) is 24.5 Å². The predicted octanol–water partition coefficient (Wildman–Crippen LogP) is 4.79. The molecular formula is C35H32N4O6. The first-order chi connectivity index (χ1) is 21.9. The highest BCUT2D eigenvalue weighted by Gasteiger charge is 2.39. The fourth-order valence-corrected chi connectivity index (χ4v) is 5.49. The quantitative estimate of drug-likeness (QED) is 0.222. The molecule has 0 radical (unpaired) electrons. The Bertz CT molecular complexity index is 1750. The topological polar surface area (TPSA) is 126 Å². The molecule has 4 amide bonds. The summed E-state index contributed by atoms with van der Waals surface area (Å²) in [5.41, 5.74) is 4.55. The number of methoxy groups -OCH3 is 1. The Balaban J connectivity index is 1.02. The Kier molecular flexibility index (Phi) is 8.56. The summed E-state index contributed by atoms with van der Waals surface area (Å²) in [6, 6.07) is 26.9. The van der Waals surface area contributed by atoms with Crippen molar-refractivity contribution in [2.45, 2.75) is 38.5 Å². The van der Waals surface area contributed by atoms with E-state index in [9.17, 15) is 19.2 Å². The van der Waals surface area contributed by atoms with E-state index < -0.39 is 11.9 Å². The molecule has 0 saturated carbocycles. The highest BCUT2D eigenvalue weighted by Crippen LogP contribution is 2.31. The van der Waals surface area contributed by atoms with Crippen LogP contribution in [0.1, 0.15) is 50.2 Å². The summed E-state index contributed by atoms with van der Waals surface area (Å²) < 4.78 is 11.2. The van der Waals surface area contributed by atoms with Gasteiger partial charge in [0.25, 0.3) is 11.8 Å². The van der Waals surface area contributed by atoms with Crippen LogP contribution in [0.15, 0.2) is 91.0 Å². The van der Waals surface area contributed by atoms with Gasteiger partial charge in [-0.05, 0) is 77.7 Å². The number of benzene rings is 4. The lowest BCUT2D eigenvalue weighted by Crippen LogP contribution is -2.52. The molecule has 0 spiro atoms. The van der Waals surface area contributed by atoms with Gasteiger partial charge in [0.2, 0.25) is 11.8 Å². The number of hydrogen-bond acceptors (Lipinski definition) is 7. The lowest BCUT2D eigenvalue weighted by molar-refractivity contribution is -0.136. The maximum absolute atomic E-state index is 13.0. The number of amides is 4. The molecule has 2 aliphatic rings. The number of hydrogen-bond donors (Lipinski definition) is 3. The average Bonchev–Trinajstić information content (AvgIpc) is 3.37. The molecule has 4 aromatic rings. The standard InChI is InChI=1S/C35H32N4O6/c1-44-26-11-13-27(14-12-26)45-31-5-3-2-4-29(31)37-33(41)24-9-6-22(7-10-24)19-36-20-23-8-15-28-25(18-23)21-39(35(28)43)30-16-17-32(40)38-34(30)42/h2-15,18,30,36H,16-17,19-21H2,1H3,(H,37,41)(H,38,40,42). The summed E-state index contributed by atoms with van der Waals surface area (Å²) in [5, 5.41) is 8.67. The molecule has 0 bridgehead atoms. The number of nitrogens with one attached hydrogen (secondary N) is 3. The Labute approximate surface area is 260 Å². The largest absolute Gasteiger partial charge is 0.497 e. The third-order valence-corrected chi connectivity index (χ3v) is 7.88. The van der Waals surface area contributed by atoms with Crippen LogP contribution in [0.2, 0.25) is 0 Å². The molecule has 10 heteroatoms. The van der Waals surface area contributed by atoms with E-state index in [2.05, 4.69) is 16.0 Å². The van der Waals surface area contributed by atoms with Crippen LogP contribution in [0, 0.1) is 0 Å². The number of imide groups is 1. The van der Waals surface area contributed by atoms with Gasteiger partial charge >= 0.3 is 0 Å². The summed E-state index contributed by atoms with van der Waals surface area (Å²) in [6.45, 7) is 1.50. The number of ether oxygens (including phenoxy) is 2. The third-order valence-electron chi connectivity index (χ3n) is 7.88. The molecule has 1 saturated heterocycles. The minimum absolute atomic E-state index is 0.184. The monoisotopic (exact) mass is 604 g/mol. The van der Waals surface area contributed by atoms with E-state index in [1.165, 1.54) is 0 Å². The normalized spacial score (nSPS) is 15.8. The molecule has 0 aromatic heterocycles. The van der Waals surface area contributed by atoms with E-state index in [0.29, 0.717) is 54.4 Å². The molecular weight excluding hydrogens is 572 g/mol.